The molecule has 0 N–H and O–H groups in total. The van der Waals surface area contributed by atoms with Crippen LogP contribution in [0.4, 0.5) is 0 Å². The first-order valence-corrected chi connectivity index (χ1v) is 9.89. The SMILES string of the molecule is C=CCOCC(COc1ccc(OCCCC)c2ccccc12)OC(=O)C(=C)C. The van der Waals surface area contributed by atoms with E-state index in [1.54, 1.807) is 13.0 Å². The highest BCUT2D eigenvalue weighted by Crippen LogP contribution is 2.33. The fourth-order valence-corrected chi connectivity index (χ4v) is 2.66. The van der Waals surface area contributed by atoms with Crippen molar-refractivity contribution in [1.29, 1.82) is 0 Å². The lowest BCUT2D eigenvalue weighted by molar-refractivity contribution is -0.148. The molecule has 156 valence electrons. The normalized spacial score (nSPS) is 11.7. The highest BCUT2D eigenvalue weighted by molar-refractivity contribution is 5.93. The molecule has 1 atom stereocenters. The summed E-state index contributed by atoms with van der Waals surface area (Å²) in [6, 6.07) is 11.7. The molecule has 0 amide bonds. The van der Waals surface area contributed by atoms with Crippen molar-refractivity contribution in [2.45, 2.75) is 32.8 Å². The fraction of sp³-hybridized carbons (Fsp3) is 0.375. The molecule has 0 radical (unpaired) electrons. The zero-order chi connectivity index (χ0) is 21.1. The Balaban J connectivity index is 2.13. The summed E-state index contributed by atoms with van der Waals surface area (Å²) in [6.45, 7) is 12.4. The van der Waals surface area contributed by atoms with Gasteiger partial charge in [0.25, 0.3) is 0 Å². The molecule has 2 rings (SSSR count). The zero-order valence-electron chi connectivity index (χ0n) is 17.3. The van der Waals surface area contributed by atoms with Gasteiger partial charge in [0.1, 0.15) is 18.1 Å². The number of carbonyl (C=O) groups is 1. The van der Waals surface area contributed by atoms with Gasteiger partial charge < -0.3 is 18.9 Å². The Hall–Kier alpha value is -2.79. The third kappa shape index (κ3) is 6.95. The molecular formula is C24H30O5. The lowest BCUT2D eigenvalue weighted by Gasteiger charge is -2.19. The maximum atomic E-state index is 11.9. The first-order valence-electron chi connectivity index (χ1n) is 9.89. The number of hydrogen-bond donors (Lipinski definition) is 0. The molecule has 0 aliphatic heterocycles. The van der Waals surface area contributed by atoms with Crippen molar-refractivity contribution in [3.63, 3.8) is 0 Å². The average molecular weight is 398 g/mol. The van der Waals surface area contributed by atoms with Crippen LogP contribution < -0.4 is 9.47 Å². The second kappa shape index (κ2) is 11.9. The highest BCUT2D eigenvalue weighted by atomic mass is 16.6. The topological polar surface area (TPSA) is 54.0 Å². The van der Waals surface area contributed by atoms with Gasteiger partial charge in [0, 0.05) is 16.3 Å². The first kappa shape index (κ1) is 22.5. The number of rotatable bonds is 13. The smallest absolute Gasteiger partial charge is 0.333 e. The summed E-state index contributed by atoms with van der Waals surface area (Å²) in [7, 11) is 0. The monoisotopic (exact) mass is 398 g/mol. The molecule has 0 spiro atoms. The summed E-state index contributed by atoms with van der Waals surface area (Å²) in [5.41, 5.74) is 0.331. The van der Waals surface area contributed by atoms with Crippen molar-refractivity contribution in [1.82, 2.24) is 0 Å². The molecule has 2 aromatic carbocycles. The van der Waals surface area contributed by atoms with Gasteiger partial charge in [-0.2, -0.15) is 0 Å². The van der Waals surface area contributed by atoms with Crippen molar-refractivity contribution in [3.8, 4) is 11.5 Å². The summed E-state index contributed by atoms with van der Waals surface area (Å²) >= 11 is 0. The number of fused-ring (bicyclic) bond motifs is 1. The third-order valence-corrected chi connectivity index (χ3v) is 4.19. The van der Waals surface area contributed by atoms with Gasteiger partial charge in [-0.3, -0.25) is 0 Å². The van der Waals surface area contributed by atoms with Gasteiger partial charge in [0.2, 0.25) is 0 Å². The second-order valence-corrected chi connectivity index (χ2v) is 6.75. The number of benzene rings is 2. The van der Waals surface area contributed by atoms with Gasteiger partial charge in [-0.05, 0) is 25.5 Å². The predicted molar refractivity (Wildman–Crippen MR) is 116 cm³/mol. The maximum absolute atomic E-state index is 11.9. The van der Waals surface area contributed by atoms with E-state index >= 15 is 0 Å². The predicted octanol–water partition coefficient (Wildman–Crippen LogP) is 5.09. The Bertz CT molecular complexity index is 827. The number of unbranched alkanes of at least 4 members (excludes halogenated alkanes) is 1. The Morgan fingerprint density at radius 1 is 1.07 bits per heavy atom. The van der Waals surface area contributed by atoms with Gasteiger partial charge in [-0.15, -0.1) is 6.58 Å². The van der Waals surface area contributed by atoms with Crippen molar-refractivity contribution in [2.75, 3.05) is 26.4 Å². The molecule has 0 saturated carbocycles. The quantitative estimate of drug-likeness (QED) is 0.204. The van der Waals surface area contributed by atoms with Crippen LogP contribution in [0.15, 0.2) is 61.2 Å². The number of carbonyl (C=O) groups excluding carboxylic acids is 1. The van der Waals surface area contributed by atoms with Crippen LogP contribution in [-0.2, 0) is 14.3 Å². The summed E-state index contributed by atoms with van der Waals surface area (Å²) < 4.78 is 22.8. The maximum Gasteiger partial charge on any atom is 0.333 e. The van der Waals surface area contributed by atoms with E-state index in [0.717, 1.165) is 29.4 Å². The molecule has 0 aromatic heterocycles. The van der Waals surface area contributed by atoms with E-state index in [1.165, 1.54) is 0 Å². The lowest BCUT2D eigenvalue weighted by atomic mass is 10.1. The molecule has 0 aliphatic carbocycles. The molecule has 0 bridgehead atoms. The van der Waals surface area contributed by atoms with Crippen LogP contribution in [0, 0.1) is 0 Å². The van der Waals surface area contributed by atoms with E-state index in [-0.39, 0.29) is 13.2 Å². The van der Waals surface area contributed by atoms with E-state index < -0.39 is 12.1 Å². The summed E-state index contributed by atoms with van der Waals surface area (Å²) in [4.78, 5) is 11.9. The van der Waals surface area contributed by atoms with Gasteiger partial charge >= 0.3 is 5.97 Å². The van der Waals surface area contributed by atoms with E-state index in [9.17, 15) is 4.79 Å². The minimum Gasteiger partial charge on any atom is -0.493 e. The third-order valence-electron chi connectivity index (χ3n) is 4.19. The van der Waals surface area contributed by atoms with Gasteiger partial charge in [-0.1, -0.05) is 50.3 Å². The molecule has 2 aromatic rings. The molecule has 5 nitrogen and oxygen atoms in total. The molecule has 0 heterocycles. The van der Waals surface area contributed by atoms with Crippen molar-refractivity contribution < 1.29 is 23.7 Å². The Morgan fingerprint density at radius 2 is 1.72 bits per heavy atom. The van der Waals surface area contributed by atoms with Gasteiger partial charge in [0.05, 0.1) is 19.8 Å². The summed E-state index contributed by atoms with van der Waals surface area (Å²) in [5, 5.41) is 1.93. The average Bonchev–Trinajstić information content (AvgIpc) is 2.72. The van der Waals surface area contributed by atoms with Crippen LogP contribution in [0.1, 0.15) is 26.7 Å². The van der Waals surface area contributed by atoms with Crippen molar-refractivity contribution in [3.05, 3.63) is 61.2 Å². The van der Waals surface area contributed by atoms with E-state index in [1.807, 2.05) is 36.4 Å². The standard InChI is InChI=1S/C24H30O5/c1-5-7-15-27-22-12-13-23(21-11-9-8-10-20(21)22)28-17-19(16-26-14-6-2)29-24(25)18(3)4/h6,8-13,19H,2-3,5,7,14-17H2,1,4H3. The van der Waals surface area contributed by atoms with Gasteiger partial charge in [-0.25, -0.2) is 4.79 Å². The van der Waals surface area contributed by atoms with Crippen LogP contribution in [0.5, 0.6) is 11.5 Å². The van der Waals surface area contributed by atoms with Crippen LogP contribution >= 0.6 is 0 Å². The molecule has 29 heavy (non-hydrogen) atoms. The largest absolute Gasteiger partial charge is 0.493 e. The highest BCUT2D eigenvalue weighted by Gasteiger charge is 2.17. The minimum atomic E-state index is -0.557. The molecule has 1 unspecified atom stereocenters. The Kier molecular flexibility index (Phi) is 9.25. The summed E-state index contributed by atoms with van der Waals surface area (Å²) in [5.74, 6) is 1.06. The van der Waals surface area contributed by atoms with Crippen molar-refractivity contribution >= 4 is 16.7 Å². The minimum absolute atomic E-state index is 0.163. The van der Waals surface area contributed by atoms with E-state index in [0.29, 0.717) is 24.5 Å². The number of ether oxygens (including phenoxy) is 4. The first-order chi connectivity index (χ1) is 14.1. The molecular weight excluding hydrogens is 368 g/mol. The van der Waals surface area contributed by atoms with Crippen LogP contribution in [0.25, 0.3) is 10.8 Å². The van der Waals surface area contributed by atoms with E-state index in [4.69, 9.17) is 18.9 Å². The molecule has 0 fully saturated rings. The Morgan fingerprint density at radius 3 is 2.31 bits per heavy atom. The Labute approximate surface area is 172 Å². The number of esters is 1. The fourth-order valence-electron chi connectivity index (χ4n) is 2.66. The molecule has 5 heteroatoms. The van der Waals surface area contributed by atoms with Crippen molar-refractivity contribution in [2.24, 2.45) is 0 Å². The van der Waals surface area contributed by atoms with Crippen LogP contribution in [0.3, 0.4) is 0 Å². The molecule has 0 aliphatic rings. The van der Waals surface area contributed by atoms with E-state index in [2.05, 4.69) is 20.1 Å². The molecule has 0 saturated heterocycles. The zero-order valence-corrected chi connectivity index (χ0v) is 17.3. The van der Waals surface area contributed by atoms with Crippen LogP contribution in [-0.4, -0.2) is 38.5 Å². The second-order valence-electron chi connectivity index (χ2n) is 6.75. The number of hydrogen-bond acceptors (Lipinski definition) is 5. The summed E-state index contributed by atoms with van der Waals surface area (Å²) in [6.07, 6.45) is 3.17. The lowest BCUT2D eigenvalue weighted by Crippen LogP contribution is -2.30. The van der Waals surface area contributed by atoms with Crippen LogP contribution in [0.2, 0.25) is 0 Å². The van der Waals surface area contributed by atoms with Gasteiger partial charge in [0.15, 0.2) is 6.10 Å².